The zero-order valence-electron chi connectivity index (χ0n) is 16.7. The molecule has 2 aliphatic heterocycles. The molecule has 4 rings (SSSR count). The Kier molecular flexibility index (Phi) is 6.50. The summed E-state index contributed by atoms with van der Waals surface area (Å²) in [4.78, 5) is 15.7. The van der Waals surface area contributed by atoms with E-state index in [4.69, 9.17) is 29.2 Å². The fourth-order valence-corrected chi connectivity index (χ4v) is 5.73. The van der Waals surface area contributed by atoms with E-state index < -0.39 is 5.41 Å². The molecule has 2 fully saturated rings. The number of rotatable bonds is 3. The van der Waals surface area contributed by atoms with Gasteiger partial charge < -0.3 is 4.74 Å². The summed E-state index contributed by atoms with van der Waals surface area (Å²) in [5, 5.41) is 4.35. The quantitative estimate of drug-likeness (QED) is 0.655. The summed E-state index contributed by atoms with van der Waals surface area (Å²) in [6, 6.07) is 19.8. The van der Waals surface area contributed by atoms with Crippen molar-refractivity contribution in [2.45, 2.75) is 5.41 Å². The molecule has 0 atom stereocenters. The summed E-state index contributed by atoms with van der Waals surface area (Å²) in [5.74, 6) is 0.438. The molecule has 0 saturated carbocycles. The van der Waals surface area contributed by atoms with Crippen molar-refractivity contribution in [1.82, 2.24) is 14.9 Å². The Labute approximate surface area is 191 Å². The third-order valence-electron chi connectivity index (χ3n) is 5.58. The highest BCUT2D eigenvalue weighted by Gasteiger charge is 2.50. The molecule has 0 bridgehead atoms. The van der Waals surface area contributed by atoms with Crippen LogP contribution in [0.25, 0.3) is 0 Å². The first-order chi connectivity index (χ1) is 14.6. The second-order valence-corrected chi connectivity index (χ2v) is 9.18. The monoisotopic (exact) mass is 457 g/mol. The molecule has 0 aromatic heterocycles. The Balaban J connectivity index is 1.75. The van der Waals surface area contributed by atoms with Gasteiger partial charge in [-0.1, -0.05) is 84.6 Å². The third kappa shape index (κ3) is 3.78. The molecule has 0 unspecified atom stereocenters. The molecule has 0 radical (unpaired) electrons. The number of carbonyl (C=O) groups excluding carboxylic acids is 1. The first-order valence-corrected chi connectivity index (χ1v) is 11.6. The lowest BCUT2D eigenvalue weighted by molar-refractivity contribution is -0.129. The van der Waals surface area contributed by atoms with Crippen molar-refractivity contribution in [3.63, 3.8) is 0 Å². The van der Waals surface area contributed by atoms with E-state index in [1.165, 1.54) is 16.7 Å². The Morgan fingerprint density at radius 1 is 1.03 bits per heavy atom. The molecule has 156 valence electrons. The number of ether oxygens (including phenoxy) is 1. The number of nitrogens with zero attached hydrogens (tertiary/aromatic N) is 3. The number of hydrazine groups is 1. The number of thioether (sulfide) groups is 1. The van der Waals surface area contributed by atoms with E-state index in [0.717, 1.165) is 24.2 Å². The van der Waals surface area contributed by atoms with Crippen molar-refractivity contribution in [3.05, 3.63) is 71.8 Å². The number of morpholine rings is 1. The topological polar surface area (TPSA) is 36.0 Å². The van der Waals surface area contributed by atoms with E-state index in [-0.39, 0.29) is 5.91 Å². The van der Waals surface area contributed by atoms with Gasteiger partial charge in [0.1, 0.15) is 9.74 Å². The lowest BCUT2D eigenvalue weighted by Gasteiger charge is -2.45. The normalized spacial score (nSPS) is 19.6. The summed E-state index contributed by atoms with van der Waals surface area (Å²) in [5.41, 5.74) is 1.03. The van der Waals surface area contributed by atoms with Gasteiger partial charge in [0.25, 0.3) is 0 Å². The number of thiocarbonyl (C=S) groups is 2. The molecular formula is C22H23N3O2S3. The minimum Gasteiger partial charge on any atom is -0.379 e. The van der Waals surface area contributed by atoms with Crippen molar-refractivity contribution >= 4 is 51.5 Å². The minimum absolute atomic E-state index is 0.103. The van der Waals surface area contributed by atoms with Gasteiger partial charge in [-0.3, -0.25) is 9.80 Å². The smallest absolute Gasteiger partial charge is 0.250 e. The molecule has 30 heavy (non-hydrogen) atoms. The lowest BCUT2D eigenvalue weighted by Crippen LogP contribution is -2.61. The van der Waals surface area contributed by atoms with E-state index in [0.29, 0.717) is 28.4 Å². The van der Waals surface area contributed by atoms with Gasteiger partial charge in [0, 0.05) is 25.9 Å². The average Bonchev–Trinajstić information content (AvgIpc) is 2.80. The standard InChI is InChI=1S/C22H23N3O2S3/c1-23(24-12-14-27-15-13-24)20(28)25-19(26)22(16-30-21(25)29,17-8-4-2-5-9-17)18-10-6-3-7-11-18/h2-11H,12-16H2,1H3. The van der Waals surface area contributed by atoms with E-state index in [1.807, 2.05) is 72.7 Å². The maximum absolute atomic E-state index is 14.2. The van der Waals surface area contributed by atoms with Crippen LogP contribution in [0.5, 0.6) is 0 Å². The van der Waals surface area contributed by atoms with Crippen LogP contribution in [-0.4, -0.2) is 69.4 Å². The minimum atomic E-state index is -0.856. The summed E-state index contributed by atoms with van der Waals surface area (Å²) >= 11 is 12.9. The zero-order valence-corrected chi connectivity index (χ0v) is 19.1. The van der Waals surface area contributed by atoms with Gasteiger partial charge in [-0.05, 0) is 23.3 Å². The van der Waals surface area contributed by atoms with Crippen LogP contribution in [0.2, 0.25) is 0 Å². The largest absolute Gasteiger partial charge is 0.379 e. The predicted octanol–water partition coefficient (Wildman–Crippen LogP) is 3.30. The van der Waals surface area contributed by atoms with Gasteiger partial charge in [0.15, 0.2) is 5.11 Å². The van der Waals surface area contributed by atoms with Crippen LogP contribution >= 0.6 is 36.2 Å². The average molecular weight is 458 g/mol. The van der Waals surface area contributed by atoms with Gasteiger partial charge in [0.05, 0.1) is 13.2 Å². The number of benzene rings is 2. The van der Waals surface area contributed by atoms with Crippen LogP contribution in [0, 0.1) is 0 Å². The molecule has 2 aromatic rings. The zero-order chi connectivity index (χ0) is 21.1. The Bertz CT molecular complexity index is 894. The van der Waals surface area contributed by atoms with E-state index >= 15 is 0 Å². The molecule has 0 aliphatic carbocycles. The van der Waals surface area contributed by atoms with Crippen LogP contribution in [0.1, 0.15) is 11.1 Å². The molecule has 2 aromatic carbocycles. The second-order valence-electron chi connectivity index (χ2n) is 7.20. The molecule has 2 saturated heterocycles. The molecule has 0 N–H and O–H groups in total. The Morgan fingerprint density at radius 2 is 1.57 bits per heavy atom. The first kappa shape index (κ1) is 21.4. The Hall–Kier alpha value is -1.84. The second kappa shape index (κ2) is 9.11. The molecule has 2 heterocycles. The maximum Gasteiger partial charge on any atom is 0.250 e. The van der Waals surface area contributed by atoms with E-state index in [1.54, 1.807) is 0 Å². The highest BCUT2D eigenvalue weighted by Crippen LogP contribution is 2.42. The number of hydrogen-bond acceptors (Lipinski definition) is 6. The molecule has 1 amide bonds. The van der Waals surface area contributed by atoms with Crippen LogP contribution < -0.4 is 0 Å². The molecule has 8 heteroatoms. The van der Waals surface area contributed by atoms with Gasteiger partial charge in [-0.25, -0.2) is 9.91 Å². The number of amides is 1. The molecule has 0 spiro atoms. The van der Waals surface area contributed by atoms with Crippen molar-refractivity contribution in [3.8, 4) is 0 Å². The lowest BCUT2D eigenvalue weighted by atomic mass is 9.74. The predicted molar refractivity (Wildman–Crippen MR) is 128 cm³/mol. The van der Waals surface area contributed by atoms with Crippen molar-refractivity contribution in [1.29, 1.82) is 0 Å². The first-order valence-electron chi connectivity index (χ1n) is 9.78. The van der Waals surface area contributed by atoms with Crippen LogP contribution in [0.4, 0.5) is 0 Å². The molecular weight excluding hydrogens is 434 g/mol. The number of hydrogen-bond donors (Lipinski definition) is 0. The summed E-state index contributed by atoms with van der Waals surface area (Å²) in [7, 11) is 1.88. The fourth-order valence-electron chi connectivity index (χ4n) is 3.88. The maximum atomic E-state index is 14.2. The van der Waals surface area contributed by atoms with Crippen LogP contribution in [0.15, 0.2) is 60.7 Å². The van der Waals surface area contributed by atoms with Gasteiger partial charge in [-0.2, -0.15) is 0 Å². The highest BCUT2D eigenvalue weighted by atomic mass is 32.2. The van der Waals surface area contributed by atoms with Crippen molar-refractivity contribution < 1.29 is 9.53 Å². The van der Waals surface area contributed by atoms with Gasteiger partial charge in [-0.15, -0.1) is 0 Å². The molecule has 2 aliphatic rings. The summed E-state index contributed by atoms with van der Waals surface area (Å²) in [6.45, 7) is 2.72. The summed E-state index contributed by atoms with van der Waals surface area (Å²) in [6.07, 6.45) is 0. The molecule has 5 nitrogen and oxygen atoms in total. The third-order valence-corrected chi connectivity index (χ3v) is 7.57. The van der Waals surface area contributed by atoms with E-state index in [9.17, 15) is 4.79 Å². The number of carbonyl (C=O) groups is 1. The van der Waals surface area contributed by atoms with Crippen molar-refractivity contribution in [2.24, 2.45) is 0 Å². The van der Waals surface area contributed by atoms with Crippen molar-refractivity contribution in [2.75, 3.05) is 39.1 Å². The van der Waals surface area contributed by atoms with E-state index in [2.05, 4.69) is 5.01 Å². The summed E-state index contributed by atoms with van der Waals surface area (Å²) < 4.78 is 5.94. The van der Waals surface area contributed by atoms with Gasteiger partial charge >= 0.3 is 0 Å². The highest BCUT2D eigenvalue weighted by molar-refractivity contribution is 8.23. The van der Waals surface area contributed by atoms with Crippen LogP contribution in [0.3, 0.4) is 0 Å². The fraction of sp³-hybridized carbons (Fsp3) is 0.318. The van der Waals surface area contributed by atoms with Gasteiger partial charge in [0.2, 0.25) is 5.91 Å². The SMILES string of the molecule is CN(C(=S)N1C(=O)C(c2ccccc2)(c2ccccc2)CSC1=S)N1CCOCC1. The Morgan fingerprint density at radius 3 is 2.10 bits per heavy atom. The van der Waals surface area contributed by atoms with Crippen LogP contribution in [-0.2, 0) is 14.9 Å².